The molecule has 0 bridgehead atoms. The van der Waals surface area contributed by atoms with E-state index in [2.05, 4.69) is 16.0 Å². The third kappa shape index (κ3) is 5.63. The Bertz CT molecular complexity index is 499. The first-order valence-electron chi connectivity index (χ1n) is 7.13. The lowest BCUT2D eigenvalue weighted by Gasteiger charge is -2.12. The molecule has 1 aliphatic rings. The fourth-order valence-corrected chi connectivity index (χ4v) is 2.26. The molecule has 1 aliphatic heterocycles. The van der Waals surface area contributed by atoms with Crippen LogP contribution in [0.15, 0.2) is 24.3 Å². The maximum atomic E-state index is 11.9. The van der Waals surface area contributed by atoms with E-state index >= 15 is 0 Å². The maximum absolute atomic E-state index is 11.9. The minimum absolute atomic E-state index is 0. The van der Waals surface area contributed by atoms with Crippen LogP contribution in [0, 0.1) is 0 Å². The zero-order valence-corrected chi connectivity index (χ0v) is 13.7. The highest BCUT2D eigenvalue weighted by atomic mass is 35.5. The van der Waals surface area contributed by atoms with Crippen LogP contribution in [0.2, 0.25) is 0 Å². The highest BCUT2D eigenvalue weighted by molar-refractivity contribution is 5.96. The molecule has 2 rings (SSSR count). The molecule has 2 amide bonds. The lowest BCUT2D eigenvalue weighted by atomic mass is 10.2. The van der Waals surface area contributed by atoms with Gasteiger partial charge in [-0.15, -0.1) is 12.4 Å². The predicted octanol–water partition coefficient (Wildman–Crippen LogP) is 1.30. The normalized spacial score (nSPS) is 17.0. The summed E-state index contributed by atoms with van der Waals surface area (Å²) in [6.07, 6.45) is 1.92. The number of benzene rings is 1. The van der Waals surface area contributed by atoms with Gasteiger partial charge in [0, 0.05) is 11.4 Å². The molecule has 1 aromatic rings. The van der Waals surface area contributed by atoms with Crippen molar-refractivity contribution in [1.82, 2.24) is 10.2 Å². The van der Waals surface area contributed by atoms with Crippen LogP contribution >= 0.6 is 12.4 Å². The zero-order valence-electron chi connectivity index (χ0n) is 12.9. The molecular weight excluding hydrogens is 304 g/mol. The van der Waals surface area contributed by atoms with Crippen molar-refractivity contribution in [2.75, 3.05) is 37.8 Å². The van der Waals surface area contributed by atoms with Gasteiger partial charge in [-0.25, -0.2) is 0 Å². The summed E-state index contributed by atoms with van der Waals surface area (Å²) in [6.45, 7) is 1.24. The number of anilines is 2. The van der Waals surface area contributed by atoms with E-state index in [0.717, 1.165) is 30.8 Å². The van der Waals surface area contributed by atoms with Gasteiger partial charge in [0.2, 0.25) is 11.8 Å². The second-order valence-corrected chi connectivity index (χ2v) is 5.50. The van der Waals surface area contributed by atoms with Gasteiger partial charge in [-0.2, -0.15) is 0 Å². The largest absolute Gasteiger partial charge is 0.325 e. The SMILES string of the molecule is CN(C)CC(=O)Nc1ccc(NC(=O)C2CCCN2)cc1.Cl. The van der Waals surface area contributed by atoms with E-state index in [0.29, 0.717) is 6.54 Å². The van der Waals surface area contributed by atoms with Gasteiger partial charge < -0.3 is 20.9 Å². The molecule has 7 heteroatoms. The molecule has 1 fully saturated rings. The van der Waals surface area contributed by atoms with Crippen LogP contribution in [0.4, 0.5) is 11.4 Å². The Hall–Kier alpha value is -1.63. The van der Waals surface area contributed by atoms with Gasteiger partial charge in [-0.05, 0) is 57.7 Å². The van der Waals surface area contributed by atoms with Crippen molar-refractivity contribution in [3.8, 4) is 0 Å². The van der Waals surface area contributed by atoms with Gasteiger partial charge in [-0.3, -0.25) is 9.59 Å². The number of likely N-dealkylation sites (N-methyl/N-ethyl adjacent to an activating group) is 1. The quantitative estimate of drug-likeness (QED) is 0.762. The first-order valence-corrected chi connectivity index (χ1v) is 7.13. The zero-order chi connectivity index (χ0) is 15.2. The molecule has 6 nitrogen and oxygen atoms in total. The van der Waals surface area contributed by atoms with Crippen molar-refractivity contribution in [2.45, 2.75) is 18.9 Å². The molecule has 22 heavy (non-hydrogen) atoms. The first kappa shape index (κ1) is 18.4. The Kier molecular flexibility index (Phi) is 7.31. The van der Waals surface area contributed by atoms with Gasteiger partial charge in [-0.1, -0.05) is 0 Å². The Labute approximate surface area is 137 Å². The van der Waals surface area contributed by atoms with E-state index in [4.69, 9.17) is 0 Å². The van der Waals surface area contributed by atoms with Crippen molar-refractivity contribution >= 4 is 35.6 Å². The summed E-state index contributed by atoms with van der Waals surface area (Å²) >= 11 is 0. The van der Waals surface area contributed by atoms with Gasteiger partial charge >= 0.3 is 0 Å². The molecule has 0 saturated carbocycles. The van der Waals surface area contributed by atoms with Gasteiger partial charge in [0.25, 0.3) is 0 Å². The Balaban J connectivity index is 0.00000242. The number of carbonyl (C=O) groups excluding carboxylic acids is 2. The molecular formula is C15H23ClN4O2. The van der Waals surface area contributed by atoms with Crippen molar-refractivity contribution in [3.63, 3.8) is 0 Å². The smallest absolute Gasteiger partial charge is 0.241 e. The second-order valence-electron chi connectivity index (χ2n) is 5.50. The van der Waals surface area contributed by atoms with Gasteiger partial charge in [0.1, 0.15) is 0 Å². The number of hydrogen-bond donors (Lipinski definition) is 3. The maximum Gasteiger partial charge on any atom is 0.241 e. The molecule has 3 N–H and O–H groups in total. The minimum atomic E-state index is -0.0931. The predicted molar refractivity (Wildman–Crippen MR) is 90.5 cm³/mol. The molecule has 1 aromatic carbocycles. The molecule has 1 atom stereocenters. The second kappa shape index (κ2) is 8.73. The van der Waals surface area contributed by atoms with E-state index in [-0.39, 0.29) is 30.3 Å². The number of rotatable bonds is 5. The van der Waals surface area contributed by atoms with Crippen LogP contribution in [-0.2, 0) is 9.59 Å². The van der Waals surface area contributed by atoms with Crippen LogP contribution in [0.3, 0.4) is 0 Å². The Morgan fingerprint density at radius 1 is 1.18 bits per heavy atom. The van der Waals surface area contributed by atoms with E-state index in [9.17, 15) is 9.59 Å². The van der Waals surface area contributed by atoms with Crippen LogP contribution in [0.1, 0.15) is 12.8 Å². The standard InChI is InChI=1S/C15H22N4O2.ClH/c1-19(2)10-14(20)17-11-5-7-12(8-6-11)18-15(21)13-4-3-9-16-13;/h5-8,13,16H,3-4,9-10H2,1-2H3,(H,17,20)(H,18,21);1H. The molecule has 0 aromatic heterocycles. The van der Waals surface area contributed by atoms with E-state index in [1.54, 1.807) is 29.2 Å². The summed E-state index contributed by atoms with van der Waals surface area (Å²) in [5.41, 5.74) is 1.46. The Morgan fingerprint density at radius 2 is 1.77 bits per heavy atom. The molecule has 0 spiro atoms. The molecule has 0 radical (unpaired) electrons. The lowest BCUT2D eigenvalue weighted by Crippen LogP contribution is -2.35. The van der Waals surface area contributed by atoms with Crippen LogP contribution < -0.4 is 16.0 Å². The fourth-order valence-electron chi connectivity index (χ4n) is 2.26. The highest BCUT2D eigenvalue weighted by Gasteiger charge is 2.21. The van der Waals surface area contributed by atoms with Crippen LogP contribution in [0.5, 0.6) is 0 Å². The number of carbonyl (C=O) groups is 2. The monoisotopic (exact) mass is 326 g/mol. The summed E-state index contributed by atoms with van der Waals surface area (Å²) in [6, 6.07) is 7.05. The number of halogens is 1. The molecule has 1 saturated heterocycles. The third-order valence-electron chi connectivity index (χ3n) is 3.27. The average Bonchev–Trinajstić information content (AvgIpc) is 2.94. The average molecular weight is 327 g/mol. The topological polar surface area (TPSA) is 73.5 Å². The molecule has 122 valence electrons. The molecule has 1 heterocycles. The Morgan fingerprint density at radius 3 is 2.27 bits per heavy atom. The number of hydrogen-bond acceptors (Lipinski definition) is 4. The number of nitrogens with zero attached hydrogens (tertiary/aromatic N) is 1. The molecule has 0 aliphatic carbocycles. The van der Waals surface area contributed by atoms with Crippen molar-refractivity contribution in [1.29, 1.82) is 0 Å². The minimum Gasteiger partial charge on any atom is -0.325 e. The summed E-state index contributed by atoms with van der Waals surface area (Å²) in [4.78, 5) is 25.4. The van der Waals surface area contributed by atoms with Crippen LogP contribution in [-0.4, -0.2) is 49.9 Å². The summed E-state index contributed by atoms with van der Waals surface area (Å²) < 4.78 is 0. The lowest BCUT2D eigenvalue weighted by molar-refractivity contribution is -0.118. The highest BCUT2D eigenvalue weighted by Crippen LogP contribution is 2.15. The van der Waals surface area contributed by atoms with Gasteiger partial charge in [0.05, 0.1) is 12.6 Å². The summed E-state index contributed by atoms with van der Waals surface area (Å²) in [5.74, 6) is -0.0659. The van der Waals surface area contributed by atoms with Crippen molar-refractivity contribution in [2.24, 2.45) is 0 Å². The third-order valence-corrected chi connectivity index (χ3v) is 3.27. The summed E-state index contributed by atoms with van der Waals surface area (Å²) in [5, 5.41) is 8.84. The fraction of sp³-hybridized carbons (Fsp3) is 0.467. The first-order chi connectivity index (χ1) is 10.0. The molecule has 1 unspecified atom stereocenters. The van der Waals surface area contributed by atoms with E-state index in [1.165, 1.54) is 0 Å². The van der Waals surface area contributed by atoms with Crippen molar-refractivity contribution < 1.29 is 9.59 Å². The van der Waals surface area contributed by atoms with Gasteiger partial charge in [0.15, 0.2) is 0 Å². The van der Waals surface area contributed by atoms with Crippen LogP contribution in [0.25, 0.3) is 0 Å². The van der Waals surface area contributed by atoms with E-state index in [1.807, 2.05) is 14.1 Å². The summed E-state index contributed by atoms with van der Waals surface area (Å²) in [7, 11) is 3.69. The van der Waals surface area contributed by atoms with Crippen molar-refractivity contribution in [3.05, 3.63) is 24.3 Å². The number of amides is 2. The van der Waals surface area contributed by atoms with E-state index < -0.39 is 0 Å². The number of nitrogens with one attached hydrogen (secondary N) is 3.